The highest BCUT2D eigenvalue weighted by atomic mass is 32.2. The van der Waals surface area contributed by atoms with Crippen molar-refractivity contribution in [3.8, 4) is 23.0 Å². The molecule has 36 heavy (non-hydrogen) atoms. The number of likely N-dealkylation sites (N-methyl/N-ethyl adjacent to an activating group) is 1. The Morgan fingerprint density at radius 1 is 1.06 bits per heavy atom. The van der Waals surface area contributed by atoms with Gasteiger partial charge in [0.25, 0.3) is 0 Å². The molecule has 0 saturated carbocycles. The van der Waals surface area contributed by atoms with Gasteiger partial charge in [0, 0.05) is 13.1 Å². The lowest BCUT2D eigenvalue weighted by Crippen LogP contribution is -2.37. The molecule has 1 heterocycles. The van der Waals surface area contributed by atoms with Crippen LogP contribution in [0.3, 0.4) is 0 Å². The molecule has 0 aliphatic carbocycles. The smallest absolute Gasteiger partial charge is 0.239 e. The van der Waals surface area contributed by atoms with Gasteiger partial charge in [0.05, 0.1) is 23.7 Å². The van der Waals surface area contributed by atoms with Crippen LogP contribution >= 0.6 is 11.8 Å². The second-order valence-electron chi connectivity index (χ2n) is 8.24. The van der Waals surface area contributed by atoms with Crippen LogP contribution < -0.4 is 29.7 Å². The fraction of sp³-hybridized carbons (Fsp3) is 0.259. The van der Waals surface area contributed by atoms with Crippen molar-refractivity contribution in [3.63, 3.8) is 0 Å². The minimum atomic E-state index is -0.324. The maximum Gasteiger partial charge on any atom is 0.239 e. The van der Waals surface area contributed by atoms with E-state index in [0.717, 1.165) is 39.9 Å². The van der Waals surface area contributed by atoms with Crippen molar-refractivity contribution >= 4 is 35.5 Å². The van der Waals surface area contributed by atoms with Crippen LogP contribution in [-0.4, -0.2) is 50.8 Å². The summed E-state index contributed by atoms with van der Waals surface area (Å²) >= 11 is 1.41. The Balaban J connectivity index is 1.32. The van der Waals surface area contributed by atoms with Crippen LogP contribution in [0.4, 0.5) is 11.4 Å². The summed E-state index contributed by atoms with van der Waals surface area (Å²) in [5.41, 5.74) is 3.04. The van der Waals surface area contributed by atoms with E-state index in [1.54, 1.807) is 7.11 Å². The van der Waals surface area contributed by atoms with Gasteiger partial charge in [0.15, 0.2) is 0 Å². The summed E-state index contributed by atoms with van der Waals surface area (Å²) in [5.74, 6) is 2.72. The molecule has 9 heteroatoms. The molecule has 2 atom stereocenters. The number of nitrogens with one attached hydrogen (secondary N) is 2. The number of thioether (sulfide) groups is 1. The van der Waals surface area contributed by atoms with E-state index >= 15 is 0 Å². The SMILES string of the molecule is COc1ccc(Oc2ccc3c(c2)N(C)C(COc2ccc(CC(SC)C(=O)NC=O)cc2)N3)cc1. The predicted octanol–water partition coefficient (Wildman–Crippen LogP) is 4.30. The predicted molar refractivity (Wildman–Crippen MR) is 142 cm³/mol. The van der Waals surface area contributed by atoms with E-state index in [1.807, 2.05) is 80.0 Å². The van der Waals surface area contributed by atoms with Gasteiger partial charge < -0.3 is 24.4 Å². The van der Waals surface area contributed by atoms with E-state index in [9.17, 15) is 9.59 Å². The van der Waals surface area contributed by atoms with E-state index in [4.69, 9.17) is 14.2 Å². The first-order valence-corrected chi connectivity index (χ1v) is 12.7. The maximum absolute atomic E-state index is 11.9. The highest BCUT2D eigenvalue weighted by Gasteiger charge is 2.27. The number of benzene rings is 3. The molecule has 3 aromatic rings. The molecular formula is C27H29N3O5S. The number of ether oxygens (including phenoxy) is 3. The van der Waals surface area contributed by atoms with Gasteiger partial charge >= 0.3 is 0 Å². The first-order valence-electron chi connectivity index (χ1n) is 11.4. The number of carbonyl (C=O) groups excluding carboxylic acids is 2. The van der Waals surface area contributed by atoms with Crippen LogP contribution in [0, 0.1) is 0 Å². The highest BCUT2D eigenvalue weighted by Crippen LogP contribution is 2.38. The molecule has 8 nitrogen and oxygen atoms in total. The molecule has 0 fully saturated rings. The van der Waals surface area contributed by atoms with Gasteiger partial charge in [-0.1, -0.05) is 12.1 Å². The Kier molecular flexibility index (Phi) is 8.22. The molecule has 1 aliphatic heterocycles. The van der Waals surface area contributed by atoms with Crippen LogP contribution in [0.25, 0.3) is 0 Å². The van der Waals surface area contributed by atoms with Gasteiger partial charge in [-0.3, -0.25) is 14.9 Å². The Morgan fingerprint density at radius 2 is 1.72 bits per heavy atom. The van der Waals surface area contributed by atoms with Crippen LogP contribution in [0.15, 0.2) is 66.7 Å². The zero-order valence-corrected chi connectivity index (χ0v) is 21.2. The second kappa shape index (κ2) is 11.7. The molecule has 0 aromatic heterocycles. The molecular weight excluding hydrogens is 478 g/mol. The average molecular weight is 508 g/mol. The van der Waals surface area contributed by atoms with Gasteiger partial charge in [0.2, 0.25) is 12.3 Å². The lowest BCUT2D eigenvalue weighted by atomic mass is 10.1. The minimum absolute atomic E-state index is 0.0381. The molecule has 1 aliphatic rings. The molecule has 2 unspecified atom stereocenters. The number of imide groups is 1. The monoisotopic (exact) mass is 507 g/mol. The second-order valence-corrected chi connectivity index (χ2v) is 9.28. The van der Waals surface area contributed by atoms with E-state index in [-0.39, 0.29) is 17.3 Å². The Morgan fingerprint density at radius 3 is 2.39 bits per heavy atom. The zero-order chi connectivity index (χ0) is 25.5. The molecule has 4 rings (SSSR count). The zero-order valence-electron chi connectivity index (χ0n) is 20.4. The van der Waals surface area contributed by atoms with Crippen LogP contribution in [0.1, 0.15) is 5.56 Å². The largest absolute Gasteiger partial charge is 0.497 e. The summed E-state index contributed by atoms with van der Waals surface area (Å²) in [6.45, 7) is 0.439. The third-order valence-electron chi connectivity index (χ3n) is 5.96. The molecule has 0 bridgehead atoms. The van der Waals surface area contributed by atoms with Crippen molar-refractivity contribution in [1.82, 2.24) is 5.32 Å². The average Bonchev–Trinajstić information content (AvgIpc) is 3.22. The summed E-state index contributed by atoms with van der Waals surface area (Å²) in [7, 11) is 3.65. The Bertz CT molecular complexity index is 1190. The number of methoxy groups -OCH3 is 1. The van der Waals surface area contributed by atoms with Crippen molar-refractivity contribution in [2.75, 3.05) is 37.2 Å². The van der Waals surface area contributed by atoms with E-state index in [1.165, 1.54) is 11.8 Å². The number of anilines is 2. The minimum Gasteiger partial charge on any atom is -0.497 e. The summed E-state index contributed by atoms with van der Waals surface area (Å²) in [6.07, 6.45) is 2.77. The summed E-state index contributed by atoms with van der Waals surface area (Å²) in [6, 6.07) is 21.1. The Hall–Kier alpha value is -3.85. The van der Waals surface area contributed by atoms with E-state index in [2.05, 4.69) is 15.5 Å². The van der Waals surface area contributed by atoms with Gasteiger partial charge in [-0.25, -0.2) is 0 Å². The topological polar surface area (TPSA) is 89.1 Å². The lowest BCUT2D eigenvalue weighted by Gasteiger charge is -2.22. The number of hydrogen-bond donors (Lipinski definition) is 2. The summed E-state index contributed by atoms with van der Waals surface area (Å²) in [4.78, 5) is 24.6. The number of carbonyl (C=O) groups is 2. The van der Waals surface area contributed by atoms with Crippen molar-refractivity contribution in [2.24, 2.45) is 0 Å². The van der Waals surface area contributed by atoms with Gasteiger partial charge in [0.1, 0.15) is 35.8 Å². The molecule has 3 aromatic carbocycles. The van der Waals surface area contributed by atoms with Crippen molar-refractivity contribution in [1.29, 1.82) is 0 Å². The lowest BCUT2D eigenvalue weighted by molar-refractivity contribution is -0.124. The standard InChI is InChI=1S/C27H29N3O5S/c1-30-24-15-22(35-21-10-8-19(33-2)9-11-21)12-13-23(24)29-26(30)16-34-20-6-4-18(5-7-20)14-25(36-3)27(32)28-17-31/h4-13,15,17,25-26,29H,14,16H2,1-3H3,(H,28,31,32). The quantitative estimate of drug-likeness (QED) is 0.372. The number of rotatable bonds is 11. The van der Waals surface area contributed by atoms with E-state index in [0.29, 0.717) is 19.4 Å². The molecule has 188 valence electrons. The van der Waals surface area contributed by atoms with Crippen molar-refractivity contribution in [2.45, 2.75) is 17.8 Å². The number of hydrogen-bond acceptors (Lipinski definition) is 8. The normalized spacial score (nSPS) is 14.9. The van der Waals surface area contributed by atoms with Gasteiger partial charge in [-0.2, -0.15) is 11.8 Å². The number of nitrogens with zero attached hydrogens (tertiary/aromatic N) is 1. The molecule has 0 spiro atoms. The molecule has 2 amide bonds. The molecule has 2 N–H and O–H groups in total. The van der Waals surface area contributed by atoms with Crippen LogP contribution in [0.5, 0.6) is 23.0 Å². The van der Waals surface area contributed by atoms with Gasteiger partial charge in [-0.15, -0.1) is 0 Å². The summed E-state index contributed by atoms with van der Waals surface area (Å²) in [5, 5.41) is 5.38. The van der Waals surface area contributed by atoms with Crippen molar-refractivity contribution < 1.29 is 23.8 Å². The van der Waals surface area contributed by atoms with Crippen LogP contribution in [-0.2, 0) is 16.0 Å². The van der Waals surface area contributed by atoms with Crippen LogP contribution in [0.2, 0.25) is 0 Å². The third-order valence-corrected chi connectivity index (χ3v) is 6.91. The first-order chi connectivity index (χ1) is 17.5. The van der Waals surface area contributed by atoms with Crippen molar-refractivity contribution in [3.05, 3.63) is 72.3 Å². The molecule has 0 radical (unpaired) electrons. The first kappa shape index (κ1) is 25.2. The maximum atomic E-state index is 11.9. The number of fused-ring (bicyclic) bond motifs is 1. The number of amides is 2. The summed E-state index contributed by atoms with van der Waals surface area (Å²) < 4.78 is 17.2. The Labute approximate surface area is 214 Å². The van der Waals surface area contributed by atoms with E-state index < -0.39 is 0 Å². The highest BCUT2D eigenvalue weighted by molar-refractivity contribution is 7.99. The molecule has 0 saturated heterocycles. The fourth-order valence-corrected chi connectivity index (χ4v) is 4.55. The fourth-order valence-electron chi connectivity index (χ4n) is 3.91. The third kappa shape index (κ3) is 6.04. The van der Waals surface area contributed by atoms with Gasteiger partial charge in [-0.05, 0) is 66.8 Å².